The van der Waals surface area contributed by atoms with Crippen LogP contribution in [-0.4, -0.2) is 19.3 Å². The van der Waals surface area contributed by atoms with E-state index in [1.165, 1.54) is 48.4 Å². The van der Waals surface area contributed by atoms with Gasteiger partial charge in [-0.2, -0.15) is 0 Å². The number of nitrogens with one attached hydrogen (secondary N) is 1. The third-order valence-corrected chi connectivity index (χ3v) is 4.28. The maximum Gasteiger partial charge on any atom is 0.00985 e. The lowest BCUT2D eigenvalue weighted by atomic mass is 9.92. The van der Waals surface area contributed by atoms with Crippen molar-refractivity contribution in [1.82, 2.24) is 5.32 Å². The second-order valence-corrected chi connectivity index (χ2v) is 5.57. The van der Waals surface area contributed by atoms with Gasteiger partial charge < -0.3 is 5.32 Å². The number of piperidine rings is 1. The Bertz CT molecular complexity index is 343. The van der Waals surface area contributed by atoms with E-state index in [1.807, 2.05) is 11.8 Å². The van der Waals surface area contributed by atoms with Crippen LogP contribution < -0.4 is 5.32 Å². The summed E-state index contributed by atoms with van der Waals surface area (Å²) < 4.78 is 0. The van der Waals surface area contributed by atoms with Crippen molar-refractivity contribution in [3.63, 3.8) is 0 Å². The molecule has 1 fully saturated rings. The summed E-state index contributed by atoms with van der Waals surface area (Å²) in [4.78, 5) is 1.41. The van der Waals surface area contributed by atoms with Crippen molar-refractivity contribution in [2.24, 2.45) is 5.92 Å². The van der Waals surface area contributed by atoms with E-state index in [0.29, 0.717) is 0 Å². The highest BCUT2D eigenvalue weighted by atomic mass is 32.2. The highest BCUT2D eigenvalue weighted by molar-refractivity contribution is 7.98. The first-order chi connectivity index (χ1) is 7.79. The lowest BCUT2D eigenvalue weighted by molar-refractivity contribution is 0.376. The van der Waals surface area contributed by atoms with Gasteiger partial charge in [0.2, 0.25) is 0 Å². The van der Waals surface area contributed by atoms with Gasteiger partial charge in [-0.25, -0.2) is 0 Å². The minimum atomic E-state index is 0.841. The maximum atomic E-state index is 3.49. The van der Waals surface area contributed by atoms with Gasteiger partial charge in [-0.1, -0.05) is 12.1 Å². The Morgan fingerprint density at radius 2 is 2.31 bits per heavy atom. The van der Waals surface area contributed by atoms with E-state index < -0.39 is 0 Å². The Labute approximate surface area is 103 Å². The first kappa shape index (κ1) is 12.0. The molecule has 0 saturated carbocycles. The molecule has 1 saturated heterocycles. The minimum Gasteiger partial charge on any atom is -0.316 e. The zero-order chi connectivity index (χ0) is 11.4. The third-order valence-electron chi connectivity index (χ3n) is 3.38. The van der Waals surface area contributed by atoms with Crippen LogP contribution in [0.25, 0.3) is 0 Å². The van der Waals surface area contributed by atoms with Gasteiger partial charge in [0.15, 0.2) is 0 Å². The molecule has 1 aliphatic rings. The minimum absolute atomic E-state index is 0.841. The Balaban J connectivity index is 2.01. The van der Waals surface area contributed by atoms with Crippen LogP contribution in [0.4, 0.5) is 0 Å². The van der Waals surface area contributed by atoms with Gasteiger partial charge in [-0.05, 0) is 68.6 Å². The number of rotatable bonds is 3. The predicted octanol–water partition coefficient (Wildman–Crippen LogP) is 3.26. The maximum absolute atomic E-state index is 3.49. The van der Waals surface area contributed by atoms with Crippen molar-refractivity contribution < 1.29 is 0 Å². The largest absolute Gasteiger partial charge is 0.316 e. The average Bonchev–Trinajstić information content (AvgIpc) is 2.31. The molecule has 1 atom stereocenters. The van der Waals surface area contributed by atoms with Crippen LogP contribution in [0.5, 0.6) is 0 Å². The third kappa shape index (κ3) is 3.02. The molecule has 1 aromatic carbocycles. The van der Waals surface area contributed by atoms with Crippen molar-refractivity contribution in [2.45, 2.75) is 31.1 Å². The molecule has 0 spiro atoms. The summed E-state index contributed by atoms with van der Waals surface area (Å²) in [6.45, 7) is 4.62. The molecule has 1 nitrogen and oxygen atoms in total. The van der Waals surface area contributed by atoms with Gasteiger partial charge in [-0.3, -0.25) is 0 Å². The molecule has 1 heterocycles. The Morgan fingerprint density at radius 3 is 2.94 bits per heavy atom. The zero-order valence-electron chi connectivity index (χ0n) is 10.3. The summed E-state index contributed by atoms with van der Waals surface area (Å²) in [5.74, 6) is 0.841. The zero-order valence-corrected chi connectivity index (χ0v) is 11.1. The summed E-state index contributed by atoms with van der Waals surface area (Å²) in [6, 6.07) is 6.93. The highest BCUT2D eigenvalue weighted by Gasteiger charge is 2.13. The lowest BCUT2D eigenvalue weighted by Gasteiger charge is -2.23. The monoisotopic (exact) mass is 235 g/mol. The van der Waals surface area contributed by atoms with Crippen LogP contribution in [-0.2, 0) is 6.42 Å². The molecule has 1 unspecified atom stereocenters. The van der Waals surface area contributed by atoms with Crippen molar-refractivity contribution in [1.29, 1.82) is 0 Å². The summed E-state index contributed by atoms with van der Waals surface area (Å²) >= 11 is 1.84. The van der Waals surface area contributed by atoms with Gasteiger partial charge in [0.25, 0.3) is 0 Å². The molecule has 0 bridgehead atoms. The van der Waals surface area contributed by atoms with Gasteiger partial charge in [0.1, 0.15) is 0 Å². The van der Waals surface area contributed by atoms with Crippen molar-refractivity contribution in [3.05, 3.63) is 29.3 Å². The first-order valence-corrected chi connectivity index (χ1v) is 7.36. The second kappa shape index (κ2) is 5.74. The van der Waals surface area contributed by atoms with E-state index in [4.69, 9.17) is 0 Å². The number of benzene rings is 1. The molecular formula is C14H21NS. The van der Waals surface area contributed by atoms with E-state index in [9.17, 15) is 0 Å². The number of thioether (sulfide) groups is 1. The fraction of sp³-hybridized carbons (Fsp3) is 0.571. The smallest absolute Gasteiger partial charge is 0.00985 e. The molecule has 2 heteroatoms. The van der Waals surface area contributed by atoms with E-state index in [1.54, 1.807) is 0 Å². The molecule has 88 valence electrons. The standard InChI is InChI=1S/C14H21NS/c1-11-8-12(5-6-14(11)16-2)9-13-4-3-7-15-10-13/h5-6,8,13,15H,3-4,7,9-10H2,1-2H3. The Kier molecular flexibility index (Phi) is 4.30. The summed E-state index contributed by atoms with van der Waals surface area (Å²) in [5.41, 5.74) is 2.93. The molecule has 16 heavy (non-hydrogen) atoms. The van der Waals surface area contributed by atoms with Gasteiger partial charge in [-0.15, -0.1) is 11.8 Å². The lowest BCUT2D eigenvalue weighted by Crippen LogP contribution is -2.30. The van der Waals surface area contributed by atoms with Crippen molar-refractivity contribution in [3.8, 4) is 0 Å². The molecule has 1 aliphatic heterocycles. The van der Waals surface area contributed by atoms with E-state index >= 15 is 0 Å². The van der Waals surface area contributed by atoms with E-state index in [-0.39, 0.29) is 0 Å². The Hall–Kier alpha value is -0.470. The van der Waals surface area contributed by atoms with Crippen LogP contribution in [0.1, 0.15) is 24.0 Å². The summed E-state index contributed by atoms with van der Waals surface area (Å²) in [6.07, 6.45) is 6.11. The van der Waals surface area contributed by atoms with Crippen molar-refractivity contribution >= 4 is 11.8 Å². The fourth-order valence-electron chi connectivity index (χ4n) is 2.50. The molecular weight excluding hydrogens is 214 g/mol. The second-order valence-electron chi connectivity index (χ2n) is 4.72. The van der Waals surface area contributed by atoms with Crippen LogP contribution in [0.3, 0.4) is 0 Å². The van der Waals surface area contributed by atoms with Crippen LogP contribution in [0.15, 0.2) is 23.1 Å². The SMILES string of the molecule is CSc1ccc(CC2CCCNC2)cc1C. The Morgan fingerprint density at radius 1 is 1.44 bits per heavy atom. The van der Waals surface area contributed by atoms with Gasteiger partial charge >= 0.3 is 0 Å². The molecule has 0 aliphatic carbocycles. The van der Waals surface area contributed by atoms with Gasteiger partial charge in [0, 0.05) is 4.90 Å². The first-order valence-electron chi connectivity index (χ1n) is 6.14. The molecule has 0 radical (unpaired) electrons. The molecule has 2 rings (SSSR count). The summed E-state index contributed by atoms with van der Waals surface area (Å²) in [5, 5.41) is 3.49. The number of hydrogen-bond donors (Lipinski definition) is 1. The van der Waals surface area contributed by atoms with E-state index in [0.717, 1.165) is 5.92 Å². The van der Waals surface area contributed by atoms with Crippen LogP contribution in [0, 0.1) is 12.8 Å². The molecule has 1 N–H and O–H groups in total. The molecule has 0 amide bonds. The van der Waals surface area contributed by atoms with E-state index in [2.05, 4.69) is 36.7 Å². The van der Waals surface area contributed by atoms with Gasteiger partial charge in [0.05, 0.1) is 0 Å². The number of aryl methyl sites for hydroxylation is 1. The topological polar surface area (TPSA) is 12.0 Å². The average molecular weight is 235 g/mol. The van der Waals surface area contributed by atoms with Crippen molar-refractivity contribution in [2.75, 3.05) is 19.3 Å². The molecule has 1 aromatic rings. The predicted molar refractivity (Wildman–Crippen MR) is 72.3 cm³/mol. The quantitative estimate of drug-likeness (QED) is 0.807. The molecule has 0 aromatic heterocycles. The summed E-state index contributed by atoms with van der Waals surface area (Å²) in [7, 11) is 0. The van der Waals surface area contributed by atoms with Crippen LogP contribution >= 0.6 is 11.8 Å². The number of hydrogen-bond acceptors (Lipinski definition) is 2. The highest BCUT2D eigenvalue weighted by Crippen LogP contribution is 2.23. The van der Waals surface area contributed by atoms with Crippen LogP contribution in [0.2, 0.25) is 0 Å². The fourth-order valence-corrected chi connectivity index (χ4v) is 3.08. The normalized spacial score (nSPS) is 21.0.